The summed E-state index contributed by atoms with van der Waals surface area (Å²) in [5.74, 6) is 1.31. The molecule has 124 valence electrons. The van der Waals surface area contributed by atoms with E-state index in [1.807, 2.05) is 32.6 Å². The van der Waals surface area contributed by atoms with Crippen LogP contribution in [-0.2, 0) is 4.74 Å². The molecule has 22 heavy (non-hydrogen) atoms. The van der Waals surface area contributed by atoms with E-state index in [-0.39, 0.29) is 12.0 Å². The maximum absolute atomic E-state index is 12.0. The molecule has 0 radical (unpaired) electrons. The first kappa shape index (κ1) is 16.6. The number of carbonyl (C=O) groups is 1. The van der Waals surface area contributed by atoms with Crippen LogP contribution in [0.2, 0.25) is 0 Å². The van der Waals surface area contributed by atoms with Crippen molar-refractivity contribution < 1.29 is 14.1 Å². The van der Waals surface area contributed by atoms with Crippen LogP contribution in [0.3, 0.4) is 0 Å². The fraction of sp³-hybridized carbons (Fsp3) is 0.800. The van der Waals surface area contributed by atoms with Gasteiger partial charge in [-0.15, -0.1) is 0 Å². The summed E-state index contributed by atoms with van der Waals surface area (Å²) in [7, 11) is 0. The molecule has 1 aromatic heterocycles. The molecule has 0 bridgehead atoms. The Balaban J connectivity index is 1.90. The smallest absolute Gasteiger partial charge is 0.409 e. The summed E-state index contributed by atoms with van der Waals surface area (Å²) in [4.78, 5) is 20.2. The molecule has 7 nitrogen and oxygen atoms in total. The minimum absolute atomic E-state index is 0.232. The van der Waals surface area contributed by atoms with Crippen LogP contribution in [0.4, 0.5) is 10.8 Å². The molecule has 2 rings (SSSR count). The van der Waals surface area contributed by atoms with Crippen molar-refractivity contribution in [3.05, 3.63) is 5.82 Å². The van der Waals surface area contributed by atoms with Crippen LogP contribution in [0.25, 0.3) is 0 Å². The molecular weight excluding hydrogens is 284 g/mol. The van der Waals surface area contributed by atoms with E-state index in [1.54, 1.807) is 4.90 Å². The van der Waals surface area contributed by atoms with Gasteiger partial charge in [0.05, 0.1) is 6.61 Å². The highest BCUT2D eigenvalue weighted by Crippen LogP contribution is 2.18. The lowest BCUT2D eigenvalue weighted by atomic mass is 10.2. The van der Waals surface area contributed by atoms with E-state index in [4.69, 9.17) is 9.26 Å². The molecule has 0 saturated carbocycles. The molecule has 0 aliphatic carbocycles. The third kappa shape index (κ3) is 4.35. The number of amides is 1. The van der Waals surface area contributed by atoms with E-state index < -0.39 is 0 Å². The molecule has 0 N–H and O–H groups in total. The third-order valence-electron chi connectivity index (χ3n) is 3.51. The topological polar surface area (TPSA) is 71.7 Å². The van der Waals surface area contributed by atoms with Gasteiger partial charge in [0.1, 0.15) is 0 Å². The molecule has 0 aromatic carbocycles. The van der Waals surface area contributed by atoms with Crippen molar-refractivity contribution in [2.24, 2.45) is 5.92 Å². The Bertz CT molecular complexity index is 487. The highest BCUT2D eigenvalue weighted by atomic mass is 16.6. The Morgan fingerprint density at radius 2 is 2.00 bits per heavy atom. The molecule has 1 saturated heterocycles. The van der Waals surface area contributed by atoms with Crippen LogP contribution < -0.4 is 4.90 Å². The van der Waals surface area contributed by atoms with E-state index in [0.717, 1.165) is 13.0 Å². The zero-order valence-corrected chi connectivity index (χ0v) is 13.9. The Hall–Kier alpha value is -1.79. The van der Waals surface area contributed by atoms with Crippen molar-refractivity contribution in [2.75, 3.05) is 37.7 Å². The van der Waals surface area contributed by atoms with Crippen molar-refractivity contribution in [2.45, 2.75) is 40.0 Å². The summed E-state index contributed by atoms with van der Waals surface area (Å²) < 4.78 is 10.6. The summed E-state index contributed by atoms with van der Waals surface area (Å²) >= 11 is 0. The SMILES string of the molecule is CC(C)COC(=O)N1CCCN(c2nc(C(C)C)no2)CC1. The van der Waals surface area contributed by atoms with Crippen LogP contribution in [0.1, 0.15) is 45.9 Å². The molecule has 0 atom stereocenters. The molecule has 0 spiro atoms. The standard InChI is InChI=1S/C15H26N4O3/c1-11(2)10-21-15(20)19-7-5-6-18(8-9-19)14-16-13(12(3)4)17-22-14/h11-12H,5-10H2,1-4H3. The summed E-state index contributed by atoms with van der Waals surface area (Å²) in [6.45, 7) is 11.4. The predicted octanol–water partition coefficient (Wildman–Crippen LogP) is 2.50. The number of ether oxygens (including phenoxy) is 1. The quantitative estimate of drug-likeness (QED) is 0.851. The highest BCUT2D eigenvalue weighted by molar-refractivity contribution is 5.67. The molecule has 7 heteroatoms. The monoisotopic (exact) mass is 310 g/mol. The van der Waals surface area contributed by atoms with Gasteiger partial charge < -0.3 is 19.1 Å². The van der Waals surface area contributed by atoms with Gasteiger partial charge in [-0.1, -0.05) is 32.9 Å². The van der Waals surface area contributed by atoms with Crippen LogP contribution >= 0.6 is 0 Å². The number of aromatic nitrogens is 2. The molecule has 2 heterocycles. The fourth-order valence-electron chi connectivity index (χ4n) is 2.21. The first-order valence-electron chi connectivity index (χ1n) is 7.97. The van der Waals surface area contributed by atoms with Gasteiger partial charge in [-0.05, 0) is 12.3 Å². The van der Waals surface area contributed by atoms with Crippen LogP contribution in [0.15, 0.2) is 4.52 Å². The van der Waals surface area contributed by atoms with Crippen molar-refractivity contribution in [1.29, 1.82) is 0 Å². The molecule has 1 fully saturated rings. The van der Waals surface area contributed by atoms with Crippen molar-refractivity contribution in [3.8, 4) is 0 Å². The molecule has 1 aliphatic rings. The average Bonchev–Trinajstić information content (AvgIpc) is 2.83. The second kappa shape index (κ2) is 7.47. The van der Waals surface area contributed by atoms with Gasteiger partial charge in [-0.25, -0.2) is 4.79 Å². The van der Waals surface area contributed by atoms with Gasteiger partial charge in [0, 0.05) is 32.1 Å². The van der Waals surface area contributed by atoms with E-state index >= 15 is 0 Å². The van der Waals surface area contributed by atoms with Crippen molar-refractivity contribution in [3.63, 3.8) is 0 Å². The number of rotatable bonds is 4. The molecule has 1 aliphatic heterocycles. The second-order valence-electron chi connectivity index (χ2n) is 6.39. The molecule has 1 amide bonds. The maximum Gasteiger partial charge on any atom is 0.409 e. The van der Waals surface area contributed by atoms with E-state index in [1.165, 1.54) is 0 Å². The molecular formula is C15H26N4O3. The van der Waals surface area contributed by atoms with Crippen LogP contribution in [-0.4, -0.2) is 53.9 Å². The van der Waals surface area contributed by atoms with Gasteiger partial charge in [-0.3, -0.25) is 0 Å². The number of hydrogen-bond acceptors (Lipinski definition) is 6. The zero-order valence-electron chi connectivity index (χ0n) is 13.9. The summed E-state index contributed by atoms with van der Waals surface area (Å²) in [6, 6.07) is 0.543. The number of carbonyl (C=O) groups excluding carboxylic acids is 1. The Morgan fingerprint density at radius 3 is 2.64 bits per heavy atom. The Morgan fingerprint density at radius 1 is 1.23 bits per heavy atom. The molecule has 1 aromatic rings. The van der Waals surface area contributed by atoms with Crippen LogP contribution in [0, 0.1) is 5.92 Å². The third-order valence-corrected chi connectivity index (χ3v) is 3.51. The lowest BCUT2D eigenvalue weighted by molar-refractivity contribution is 0.0942. The first-order chi connectivity index (χ1) is 10.5. The van der Waals surface area contributed by atoms with Gasteiger partial charge in [0.25, 0.3) is 0 Å². The second-order valence-corrected chi connectivity index (χ2v) is 6.39. The zero-order chi connectivity index (χ0) is 16.1. The molecule has 0 unspecified atom stereocenters. The predicted molar refractivity (Wildman–Crippen MR) is 83.0 cm³/mol. The Kier molecular flexibility index (Phi) is 5.63. The highest BCUT2D eigenvalue weighted by Gasteiger charge is 2.23. The van der Waals surface area contributed by atoms with E-state index in [0.29, 0.717) is 44.0 Å². The number of hydrogen-bond donors (Lipinski definition) is 0. The summed E-state index contributed by atoms with van der Waals surface area (Å²) in [5, 5.41) is 3.99. The van der Waals surface area contributed by atoms with Gasteiger partial charge in [0.2, 0.25) is 0 Å². The number of nitrogens with zero attached hydrogens (tertiary/aromatic N) is 4. The van der Waals surface area contributed by atoms with E-state index in [2.05, 4.69) is 10.1 Å². The van der Waals surface area contributed by atoms with Crippen LogP contribution in [0.5, 0.6) is 0 Å². The summed E-state index contributed by atoms with van der Waals surface area (Å²) in [5.41, 5.74) is 0. The fourth-order valence-corrected chi connectivity index (χ4v) is 2.21. The maximum atomic E-state index is 12.0. The number of anilines is 1. The van der Waals surface area contributed by atoms with E-state index in [9.17, 15) is 4.79 Å². The average molecular weight is 310 g/mol. The lowest BCUT2D eigenvalue weighted by Crippen LogP contribution is -2.36. The Labute approximate surface area is 131 Å². The van der Waals surface area contributed by atoms with Gasteiger partial charge >= 0.3 is 12.1 Å². The first-order valence-corrected chi connectivity index (χ1v) is 7.97. The van der Waals surface area contributed by atoms with Gasteiger partial charge in [-0.2, -0.15) is 4.98 Å². The minimum atomic E-state index is -0.232. The largest absolute Gasteiger partial charge is 0.449 e. The van der Waals surface area contributed by atoms with Crippen molar-refractivity contribution >= 4 is 12.1 Å². The lowest BCUT2D eigenvalue weighted by Gasteiger charge is -2.21. The van der Waals surface area contributed by atoms with Gasteiger partial charge in [0.15, 0.2) is 5.82 Å². The van der Waals surface area contributed by atoms with Crippen molar-refractivity contribution in [1.82, 2.24) is 15.0 Å². The summed E-state index contributed by atoms with van der Waals surface area (Å²) in [6.07, 6.45) is 0.625. The normalized spacial score (nSPS) is 16.3. The minimum Gasteiger partial charge on any atom is -0.449 e.